The summed E-state index contributed by atoms with van der Waals surface area (Å²) >= 11 is 0. The van der Waals surface area contributed by atoms with Crippen LogP contribution in [0.15, 0.2) is 18.7 Å². The van der Waals surface area contributed by atoms with E-state index in [4.69, 9.17) is 0 Å². The number of carbonyl (C=O) groups is 2. The lowest BCUT2D eigenvalue weighted by molar-refractivity contribution is -0.136. The first kappa shape index (κ1) is 15.3. The molecule has 1 amide bonds. The lowest BCUT2D eigenvalue weighted by Gasteiger charge is -2.38. The van der Waals surface area contributed by atoms with E-state index in [-0.39, 0.29) is 22.5 Å². The normalized spacial score (nSPS) is 32.4. The molecule has 0 unspecified atom stereocenters. The summed E-state index contributed by atoms with van der Waals surface area (Å²) in [6.07, 6.45) is 8.39. The zero-order valence-corrected chi connectivity index (χ0v) is 13.7. The Hall–Kier alpha value is -1.65. The maximum atomic E-state index is 12.8. The molecule has 2 aliphatic carbocycles. The number of nitrogens with one attached hydrogen (secondary N) is 1. The van der Waals surface area contributed by atoms with Crippen molar-refractivity contribution in [2.75, 3.05) is 6.54 Å². The van der Waals surface area contributed by atoms with Crippen molar-refractivity contribution in [1.82, 2.24) is 14.9 Å². The molecule has 1 N–H and O–H groups in total. The SMILES string of the molecule is CC1(C)[C@@]2(C(=O)NCCCn3ccnc3)CC[C@]1(C)C(=O)C2. The average molecular weight is 303 g/mol. The molecule has 0 aliphatic heterocycles. The molecule has 2 bridgehead atoms. The molecule has 0 radical (unpaired) electrons. The topological polar surface area (TPSA) is 64.0 Å². The first-order valence-corrected chi connectivity index (χ1v) is 8.11. The molecule has 1 aromatic heterocycles. The maximum absolute atomic E-state index is 12.8. The van der Waals surface area contributed by atoms with Gasteiger partial charge in [-0.15, -0.1) is 0 Å². The third-order valence-electron chi connectivity index (χ3n) is 6.58. The molecular formula is C17H25N3O2. The third-order valence-corrected chi connectivity index (χ3v) is 6.58. The lowest BCUT2D eigenvalue weighted by atomic mass is 9.64. The Kier molecular flexibility index (Phi) is 3.42. The van der Waals surface area contributed by atoms with Crippen LogP contribution < -0.4 is 5.32 Å². The van der Waals surface area contributed by atoms with Crippen LogP contribution in [0.25, 0.3) is 0 Å². The molecule has 2 fully saturated rings. The summed E-state index contributed by atoms with van der Waals surface area (Å²) in [5.41, 5.74) is -1.10. The highest BCUT2D eigenvalue weighted by molar-refractivity contribution is 5.99. The van der Waals surface area contributed by atoms with Gasteiger partial charge in [-0.3, -0.25) is 9.59 Å². The number of hydrogen-bond donors (Lipinski definition) is 1. The van der Waals surface area contributed by atoms with Crippen molar-refractivity contribution in [3.05, 3.63) is 18.7 Å². The van der Waals surface area contributed by atoms with Gasteiger partial charge < -0.3 is 9.88 Å². The molecular weight excluding hydrogens is 278 g/mol. The van der Waals surface area contributed by atoms with Gasteiger partial charge in [-0.05, 0) is 24.7 Å². The smallest absolute Gasteiger partial charge is 0.227 e. The highest BCUT2D eigenvalue weighted by Crippen LogP contribution is 2.70. The van der Waals surface area contributed by atoms with Crippen LogP contribution in [-0.4, -0.2) is 27.8 Å². The van der Waals surface area contributed by atoms with Crippen molar-refractivity contribution in [1.29, 1.82) is 0 Å². The highest BCUT2D eigenvalue weighted by atomic mass is 16.2. The Bertz CT molecular complexity index is 593. The molecule has 5 heteroatoms. The number of amides is 1. The minimum atomic E-state index is -0.506. The fourth-order valence-electron chi connectivity index (χ4n) is 4.41. The summed E-state index contributed by atoms with van der Waals surface area (Å²) in [5.74, 6) is 0.329. The average Bonchev–Trinajstić information content (AvgIpc) is 3.08. The predicted octanol–water partition coefficient (Wildman–Crippen LogP) is 2.17. The number of fused-ring (bicyclic) bond motifs is 2. The van der Waals surface area contributed by atoms with Crippen LogP contribution in [0, 0.1) is 16.2 Å². The van der Waals surface area contributed by atoms with Gasteiger partial charge in [0.05, 0.1) is 11.7 Å². The molecule has 0 saturated heterocycles. The lowest BCUT2D eigenvalue weighted by Crippen LogP contribution is -2.47. The molecule has 0 spiro atoms. The third kappa shape index (κ3) is 1.87. The second kappa shape index (κ2) is 4.93. The van der Waals surface area contributed by atoms with E-state index >= 15 is 0 Å². The van der Waals surface area contributed by atoms with E-state index in [0.717, 1.165) is 25.8 Å². The molecule has 0 aromatic carbocycles. The summed E-state index contributed by atoms with van der Waals surface area (Å²) in [6, 6.07) is 0. The Labute approximate surface area is 131 Å². The van der Waals surface area contributed by atoms with Gasteiger partial charge in [-0.2, -0.15) is 0 Å². The van der Waals surface area contributed by atoms with E-state index < -0.39 is 5.41 Å². The van der Waals surface area contributed by atoms with Crippen LogP contribution in [0.4, 0.5) is 0 Å². The largest absolute Gasteiger partial charge is 0.356 e. The molecule has 3 rings (SSSR count). The van der Waals surface area contributed by atoms with Crippen molar-refractivity contribution in [3.63, 3.8) is 0 Å². The number of carbonyl (C=O) groups excluding carboxylic acids is 2. The molecule has 5 nitrogen and oxygen atoms in total. The van der Waals surface area contributed by atoms with Crippen LogP contribution in [0.5, 0.6) is 0 Å². The summed E-state index contributed by atoms with van der Waals surface area (Å²) in [5, 5.41) is 3.07. The first-order valence-electron chi connectivity index (χ1n) is 8.11. The van der Waals surface area contributed by atoms with Crippen LogP contribution in [0.3, 0.4) is 0 Å². The number of rotatable bonds is 5. The fourth-order valence-corrected chi connectivity index (χ4v) is 4.41. The van der Waals surface area contributed by atoms with Crippen LogP contribution >= 0.6 is 0 Å². The van der Waals surface area contributed by atoms with Crippen molar-refractivity contribution >= 4 is 11.7 Å². The minimum Gasteiger partial charge on any atom is -0.356 e. The van der Waals surface area contributed by atoms with Gasteiger partial charge in [-0.25, -0.2) is 4.98 Å². The van der Waals surface area contributed by atoms with Gasteiger partial charge >= 0.3 is 0 Å². The summed E-state index contributed by atoms with van der Waals surface area (Å²) < 4.78 is 2.00. The number of hydrogen-bond acceptors (Lipinski definition) is 3. The van der Waals surface area contributed by atoms with Crippen LogP contribution in [0.2, 0.25) is 0 Å². The van der Waals surface area contributed by atoms with E-state index in [2.05, 4.69) is 24.1 Å². The van der Waals surface area contributed by atoms with Gasteiger partial charge in [0, 0.05) is 37.3 Å². The van der Waals surface area contributed by atoms with Crippen molar-refractivity contribution in [2.24, 2.45) is 16.2 Å². The number of ketones is 1. The Balaban J connectivity index is 1.61. The zero-order valence-electron chi connectivity index (χ0n) is 13.7. The molecule has 2 saturated carbocycles. The predicted molar refractivity (Wildman–Crippen MR) is 83.0 cm³/mol. The fraction of sp³-hybridized carbons (Fsp3) is 0.706. The summed E-state index contributed by atoms with van der Waals surface area (Å²) in [6.45, 7) is 7.70. The van der Waals surface area contributed by atoms with Gasteiger partial charge in [0.15, 0.2) is 0 Å². The van der Waals surface area contributed by atoms with E-state index in [1.807, 2.05) is 17.7 Å². The Morgan fingerprint density at radius 1 is 1.36 bits per heavy atom. The zero-order chi connectivity index (χ0) is 16.0. The monoisotopic (exact) mass is 303 g/mol. The van der Waals surface area contributed by atoms with Gasteiger partial charge in [-0.1, -0.05) is 20.8 Å². The molecule has 22 heavy (non-hydrogen) atoms. The van der Waals surface area contributed by atoms with Crippen molar-refractivity contribution < 1.29 is 9.59 Å². The number of Topliss-reactive ketones (excluding diaryl/α,β-unsaturated/α-hetero) is 1. The second-order valence-corrected chi connectivity index (χ2v) is 7.55. The molecule has 2 aliphatic rings. The van der Waals surface area contributed by atoms with E-state index in [1.165, 1.54) is 0 Å². The summed E-state index contributed by atoms with van der Waals surface area (Å²) in [4.78, 5) is 29.2. The number of aromatic nitrogens is 2. The molecule has 120 valence electrons. The quantitative estimate of drug-likeness (QED) is 0.848. The Morgan fingerprint density at radius 3 is 2.68 bits per heavy atom. The van der Waals surface area contributed by atoms with Crippen molar-refractivity contribution in [2.45, 2.75) is 53.0 Å². The number of nitrogens with zero attached hydrogens (tertiary/aromatic N) is 2. The highest BCUT2D eigenvalue weighted by Gasteiger charge is 2.72. The van der Waals surface area contributed by atoms with E-state index in [1.54, 1.807) is 12.5 Å². The van der Waals surface area contributed by atoms with Gasteiger partial charge in [0.25, 0.3) is 0 Å². The van der Waals surface area contributed by atoms with Gasteiger partial charge in [0.1, 0.15) is 5.78 Å². The molecule has 2 atom stereocenters. The Morgan fingerprint density at radius 2 is 2.14 bits per heavy atom. The molecule has 1 heterocycles. The second-order valence-electron chi connectivity index (χ2n) is 7.55. The number of aryl methyl sites for hydroxylation is 1. The summed E-state index contributed by atoms with van der Waals surface area (Å²) in [7, 11) is 0. The first-order chi connectivity index (χ1) is 10.3. The molecule has 1 aromatic rings. The van der Waals surface area contributed by atoms with Crippen LogP contribution in [0.1, 0.15) is 46.5 Å². The minimum absolute atomic E-state index is 0.0673. The van der Waals surface area contributed by atoms with E-state index in [0.29, 0.717) is 13.0 Å². The van der Waals surface area contributed by atoms with E-state index in [9.17, 15) is 9.59 Å². The maximum Gasteiger partial charge on any atom is 0.227 e. The standard InChI is InChI=1S/C17H25N3O2/c1-15(2)16(3)5-6-17(15,11-13(16)21)14(22)19-7-4-9-20-10-8-18-12-20/h8,10,12H,4-7,9,11H2,1-3H3,(H,19,22)/t16-,17+/m1/s1. The van der Waals surface area contributed by atoms with Crippen molar-refractivity contribution in [3.8, 4) is 0 Å². The van der Waals surface area contributed by atoms with Gasteiger partial charge in [0.2, 0.25) is 5.91 Å². The van der Waals surface area contributed by atoms with Crippen LogP contribution in [-0.2, 0) is 16.1 Å². The number of imidazole rings is 1.